The van der Waals surface area contributed by atoms with Gasteiger partial charge in [0.2, 0.25) is 0 Å². The van der Waals surface area contributed by atoms with Gasteiger partial charge < -0.3 is 9.47 Å². The third-order valence-electron chi connectivity index (χ3n) is 4.41. The molecule has 0 aliphatic heterocycles. The second-order valence-corrected chi connectivity index (χ2v) is 5.99. The van der Waals surface area contributed by atoms with E-state index in [1.54, 1.807) is 26.6 Å². The topological polar surface area (TPSA) is 49.2 Å². The van der Waals surface area contributed by atoms with Crippen LogP contribution in [0.15, 0.2) is 79.3 Å². The second-order valence-electron chi connectivity index (χ2n) is 5.99. The van der Waals surface area contributed by atoms with Gasteiger partial charge in [-0.2, -0.15) is 5.10 Å². The molecule has 134 valence electrons. The molecule has 27 heavy (non-hydrogen) atoms. The van der Waals surface area contributed by atoms with E-state index >= 15 is 0 Å². The smallest absolute Gasteiger partial charge is 0.162 e. The van der Waals surface area contributed by atoms with E-state index in [9.17, 15) is 0 Å². The van der Waals surface area contributed by atoms with Crippen molar-refractivity contribution < 1.29 is 9.47 Å². The molecule has 4 aromatic rings. The molecular formula is C22H19N3O2. The van der Waals surface area contributed by atoms with Crippen molar-refractivity contribution in [1.82, 2.24) is 14.8 Å². The number of nitrogens with zero attached hydrogens (tertiary/aromatic N) is 3. The first-order valence-corrected chi connectivity index (χ1v) is 8.57. The van der Waals surface area contributed by atoms with Gasteiger partial charge in [-0.3, -0.25) is 4.98 Å². The van der Waals surface area contributed by atoms with Gasteiger partial charge in [0.1, 0.15) is 0 Å². The number of rotatable bonds is 5. The molecule has 0 amide bonds. The molecule has 0 aliphatic rings. The average molecular weight is 357 g/mol. The van der Waals surface area contributed by atoms with Crippen LogP contribution < -0.4 is 9.47 Å². The first kappa shape index (κ1) is 16.8. The van der Waals surface area contributed by atoms with E-state index < -0.39 is 0 Å². The number of hydrogen-bond donors (Lipinski definition) is 0. The summed E-state index contributed by atoms with van der Waals surface area (Å²) < 4.78 is 12.6. The normalized spacial score (nSPS) is 10.6. The quantitative estimate of drug-likeness (QED) is 0.523. The zero-order valence-corrected chi connectivity index (χ0v) is 15.2. The number of ether oxygens (including phenoxy) is 2. The van der Waals surface area contributed by atoms with Gasteiger partial charge in [0.25, 0.3) is 0 Å². The molecule has 0 fully saturated rings. The van der Waals surface area contributed by atoms with Crippen LogP contribution >= 0.6 is 0 Å². The van der Waals surface area contributed by atoms with Crippen LogP contribution in [0.2, 0.25) is 0 Å². The lowest BCUT2D eigenvalue weighted by molar-refractivity contribution is 0.355. The summed E-state index contributed by atoms with van der Waals surface area (Å²) in [6, 6.07) is 20.1. The minimum Gasteiger partial charge on any atom is -0.493 e. The minimum atomic E-state index is 0.667. The number of methoxy groups -OCH3 is 2. The lowest BCUT2D eigenvalue weighted by Crippen LogP contribution is -2.00. The van der Waals surface area contributed by atoms with Crippen LogP contribution in [0.5, 0.6) is 11.5 Å². The summed E-state index contributed by atoms with van der Waals surface area (Å²) in [5, 5.41) is 4.50. The summed E-state index contributed by atoms with van der Waals surface area (Å²) >= 11 is 0. The zero-order chi connectivity index (χ0) is 18.6. The fourth-order valence-electron chi connectivity index (χ4n) is 3.08. The average Bonchev–Trinajstić information content (AvgIpc) is 3.24. The Hall–Kier alpha value is -3.60. The van der Waals surface area contributed by atoms with Crippen LogP contribution in [0, 0.1) is 0 Å². The maximum atomic E-state index is 5.42. The summed E-state index contributed by atoms with van der Waals surface area (Å²) in [7, 11) is 3.25. The minimum absolute atomic E-state index is 0.667. The van der Waals surface area contributed by atoms with Crippen LogP contribution in [-0.2, 0) is 0 Å². The van der Waals surface area contributed by atoms with E-state index in [1.165, 1.54) is 0 Å². The van der Waals surface area contributed by atoms with Crippen molar-refractivity contribution in [2.24, 2.45) is 0 Å². The van der Waals surface area contributed by atoms with Crippen LogP contribution in [0.3, 0.4) is 0 Å². The maximum Gasteiger partial charge on any atom is 0.162 e. The summed E-state index contributed by atoms with van der Waals surface area (Å²) in [6.07, 6.45) is 5.44. The van der Waals surface area contributed by atoms with Gasteiger partial charge in [0, 0.05) is 29.6 Å². The number of aromatic nitrogens is 3. The Balaban J connectivity index is 1.77. The zero-order valence-electron chi connectivity index (χ0n) is 15.2. The Bertz CT molecular complexity index is 1060. The molecular weight excluding hydrogens is 338 g/mol. The lowest BCUT2D eigenvalue weighted by Gasteiger charge is -2.12. The largest absolute Gasteiger partial charge is 0.493 e. The van der Waals surface area contributed by atoms with Crippen molar-refractivity contribution >= 4 is 0 Å². The van der Waals surface area contributed by atoms with Crippen LogP contribution in [0.4, 0.5) is 0 Å². The van der Waals surface area contributed by atoms with Gasteiger partial charge in [-0.05, 0) is 35.9 Å². The molecule has 5 heteroatoms. The van der Waals surface area contributed by atoms with E-state index in [-0.39, 0.29) is 0 Å². The van der Waals surface area contributed by atoms with Crippen molar-refractivity contribution in [3.8, 4) is 39.6 Å². The van der Waals surface area contributed by atoms with Gasteiger partial charge in [-0.15, -0.1) is 0 Å². The molecule has 0 saturated carbocycles. The molecule has 0 saturated heterocycles. The van der Waals surface area contributed by atoms with Gasteiger partial charge >= 0.3 is 0 Å². The second kappa shape index (κ2) is 7.33. The van der Waals surface area contributed by atoms with Gasteiger partial charge in [0.15, 0.2) is 11.5 Å². The van der Waals surface area contributed by atoms with Crippen LogP contribution in [-0.4, -0.2) is 29.0 Å². The summed E-state index contributed by atoms with van der Waals surface area (Å²) in [5.74, 6) is 1.36. The number of hydrogen-bond acceptors (Lipinski definition) is 4. The van der Waals surface area contributed by atoms with Gasteiger partial charge in [-0.25, -0.2) is 4.68 Å². The Morgan fingerprint density at radius 1 is 0.741 bits per heavy atom. The molecule has 2 aromatic heterocycles. The SMILES string of the molecule is COc1ccc(-n2nccc2-c2cccc(-c3cccnc3)c2)cc1OC. The monoisotopic (exact) mass is 357 g/mol. The number of benzene rings is 2. The highest BCUT2D eigenvalue weighted by Gasteiger charge is 2.11. The highest BCUT2D eigenvalue weighted by molar-refractivity contribution is 5.72. The van der Waals surface area contributed by atoms with E-state index in [0.29, 0.717) is 11.5 Å². The Labute approximate surface area is 157 Å². The summed E-state index contributed by atoms with van der Waals surface area (Å²) in [5.41, 5.74) is 5.16. The predicted molar refractivity (Wildman–Crippen MR) is 105 cm³/mol. The molecule has 0 atom stereocenters. The van der Waals surface area contributed by atoms with Crippen LogP contribution in [0.25, 0.3) is 28.1 Å². The highest BCUT2D eigenvalue weighted by Crippen LogP contribution is 2.32. The first-order chi connectivity index (χ1) is 13.3. The standard InChI is InChI=1S/C22H19N3O2/c1-26-21-9-8-19(14-22(21)27-2)25-20(10-12-24-25)17-6-3-5-16(13-17)18-7-4-11-23-15-18/h3-15H,1-2H3. The Kier molecular flexibility index (Phi) is 4.58. The Morgan fingerprint density at radius 2 is 1.56 bits per heavy atom. The molecule has 0 N–H and O–H groups in total. The van der Waals surface area contributed by atoms with E-state index in [4.69, 9.17) is 9.47 Å². The molecule has 2 heterocycles. The van der Waals surface area contributed by atoms with E-state index in [2.05, 4.69) is 34.3 Å². The third-order valence-corrected chi connectivity index (χ3v) is 4.41. The molecule has 0 aliphatic carbocycles. The van der Waals surface area contributed by atoms with Crippen molar-refractivity contribution in [2.45, 2.75) is 0 Å². The van der Waals surface area contributed by atoms with E-state index in [0.717, 1.165) is 28.1 Å². The predicted octanol–water partition coefficient (Wildman–Crippen LogP) is 4.62. The van der Waals surface area contributed by atoms with Crippen LogP contribution in [0.1, 0.15) is 0 Å². The molecule has 2 aromatic carbocycles. The van der Waals surface area contributed by atoms with Crippen molar-refractivity contribution in [2.75, 3.05) is 14.2 Å². The number of pyridine rings is 1. The summed E-state index contributed by atoms with van der Waals surface area (Å²) in [4.78, 5) is 4.21. The molecule has 0 bridgehead atoms. The summed E-state index contributed by atoms with van der Waals surface area (Å²) in [6.45, 7) is 0. The molecule has 5 nitrogen and oxygen atoms in total. The first-order valence-electron chi connectivity index (χ1n) is 8.57. The molecule has 4 rings (SSSR count). The van der Waals surface area contributed by atoms with Gasteiger partial charge in [-0.1, -0.05) is 24.3 Å². The Morgan fingerprint density at radius 3 is 2.33 bits per heavy atom. The van der Waals surface area contributed by atoms with Crippen molar-refractivity contribution in [3.05, 3.63) is 79.3 Å². The molecule has 0 radical (unpaired) electrons. The molecule has 0 unspecified atom stereocenters. The maximum absolute atomic E-state index is 5.42. The van der Waals surface area contributed by atoms with E-state index in [1.807, 2.05) is 47.3 Å². The lowest BCUT2D eigenvalue weighted by atomic mass is 10.0. The third kappa shape index (κ3) is 3.27. The van der Waals surface area contributed by atoms with Crippen molar-refractivity contribution in [3.63, 3.8) is 0 Å². The van der Waals surface area contributed by atoms with Crippen molar-refractivity contribution in [1.29, 1.82) is 0 Å². The fourth-order valence-corrected chi connectivity index (χ4v) is 3.08. The van der Waals surface area contributed by atoms with Gasteiger partial charge in [0.05, 0.1) is 31.8 Å². The fraction of sp³-hybridized carbons (Fsp3) is 0.0909. The molecule has 0 spiro atoms. The highest BCUT2D eigenvalue weighted by atomic mass is 16.5.